The normalized spacial score (nSPS) is 29.9. The molecule has 0 aliphatic heterocycles. The van der Waals surface area contributed by atoms with E-state index in [1.54, 1.807) is 13.4 Å². The molecule has 25 heavy (non-hydrogen) atoms. The van der Waals surface area contributed by atoms with Crippen LogP contribution in [-0.2, 0) is 16.1 Å². The van der Waals surface area contributed by atoms with Crippen LogP contribution < -0.4 is 5.32 Å². The first-order valence-corrected chi connectivity index (χ1v) is 10.2. The molecule has 0 aromatic carbocycles. The Bertz CT molecular complexity index is 618. The number of fused-ring (bicyclic) bond motifs is 2. The van der Waals surface area contributed by atoms with E-state index in [4.69, 9.17) is 4.74 Å². The van der Waals surface area contributed by atoms with Crippen molar-refractivity contribution in [1.29, 1.82) is 0 Å². The number of methoxy groups -OCH3 is 1. The molecule has 0 spiro atoms. The Morgan fingerprint density at radius 3 is 2.92 bits per heavy atom. The number of nitrogens with zero attached hydrogens (tertiary/aromatic N) is 3. The van der Waals surface area contributed by atoms with Crippen molar-refractivity contribution in [3.8, 4) is 0 Å². The Kier molecular flexibility index (Phi) is 5.44. The zero-order valence-electron chi connectivity index (χ0n) is 15.7. The molecule has 1 N–H and O–H groups in total. The van der Waals surface area contributed by atoms with Crippen LogP contribution >= 0.6 is 11.8 Å². The van der Waals surface area contributed by atoms with Crippen LogP contribution in [-0.4, -0.2) is 46.2 Å². The number of hydrogen-bond acceptors (Lipinski definition) is 5. The highest BCUT2D eigenvalue weighted by molar-refractivity contribution is 7.99. The highest BCUT2D eigenvalue weighted by atomic mass is 32.2. The highest BCUT2D eigenvalue weighted by Crippen LogP contribution is 2.65. The van der Waals surface area contributed by atoms with Crippen molar-refractivity contribution >= 4 is 17.7 Å². The lowest BCUT2D eigenvalue weighted by molar-refractivity contribution is -0.120. The molecule has 2 aliphatic rings. The van der Waals surface area contributed by atoms with Gasteiger partial charge in [0.05, 0.1) is 5.75 Å². The molecule has 0 saturated heterocycles. The van der Waals surface area contributed by atoms with Gasteiger partial charge < -0.3 is 14.6 Å². The summed E-state index contributed by atoms with van der Waals surface area (Å²) in [5.74, 6) is 1.23. The van der Waals surface area contributed by atoms with Crippen LogP contribution in [0.1, 0.15) is 46.5 Å². The van der Waals surface area contributed by atoms with E-state index in [2.05, 4.69) is 36.3 Å². The van der Waals surface area contributed by atoms with Crippen molar-refractivity contribution in [1.82, 2.24) is 20.1 Å². The molecule has 1 aromatic heterocycles. The molecule has 7 heteroatoms. The van der Waals surface area contributed by atoms with Crippen LogP contribution in [0.4, 0.5) is 0 Å². The number of rotatable bonds is 8. The van der Waals surface area contributed by atoms with Crippen LogP contribution in [0.3, 0.4) is 0 Å². The molecular formula is C18H30N4O2S. The predicted octanol–water partition coefficient (Wildman–Crippen LogP) is 2.74. The number of thioether (sulfide) groups is 1. The highest BCUT2D eigenvalue weighted by Gasteiger charge is 2.61. The SMILES string of the molecule is COCCCn1cnnc1SCC(=O)N[C@H]1C[C@H]2CC[C@@]1(C)C2(C)C. The molecular weight excluding hydrogens is 336 g/mol. The maximum Gasteiger partial charge on any atom is 0.230 e. The van der Waals surface area contributed by atoms with Gasteiger partial charge in [-0.3, -0.25) is 4.79 Å². The monoisotopic (exact) mass is 366 g/mol. The summed E-state index contributed by atoms with van der Waals surface area (Å²) in [6.07, 6.45) is 6.26. The molecule has 1 aromatic rings. The van der Waals surface area contributed by atoms with Gasteiger partial charge in [0.1, 0.15) is 6.33 Å². The second kappa shape index (κ2) is 7.27. The summed E-state index contributed by atoms with van der Waals surface area (Å²) < 4.78 is 7.06. The van der Waals surface area contributed by atoms with Gasteiger partial charge in [-0.05, 0) is 42.4 Å². The van der Waals surface area contributed by atoms with Crippen LogP contribution in [0.15, 0.2) is 11.5 Å². The Morgan fingerprint density at radius 2 is 2.28 bits per heavy atom. The summed E-state index contributed by atoms with van der Waals surface area (Å²) in [5, 5.41) is 12.2. The topological polar surface area (TPSA) is 69.0 Å². The Morgan fingerprint density at radius 1 is 1.48 bits per heavy atom. The molecule has 2 fully saturated rings. The fourth-order valence-electron chi connectivity index (χ4n) is 4.68. The number of carbonyl (C=O) groups is 1. The number of hydrogen-bond donors (Lipinski definition) is 1. The number of aromatic nitrogens is 3. The molecule has 6 nitrogen and oxygen atoms in total. The van der Waals surface area contributed by atoms with Gasteiger partial charge in [0.2, 0.25) is 5.91 Å². The lowest BCUT2D eigenvalue weighted by Gasteiger charge is -2.39. The second-order valence-corrected chi connectivity index (χ2v) is 9.11. The van der Waals surface area contributed by atoms with Gasteiger partial charge in [-0.15, -0.1) is 10.2 Å². The Labute approximate surface area is 154 Å². The predicted molar refractivity (Wildman–Crippen MR) is 98.4 cm³/mol. The molecule has 1 heterocycles. The summed E-state index contributed by atoms with van der Waals surface area (Å²) in [4.78, 5) is 12.5. The van der Waals surface area contributed by atoms with E-state index in [9.17, 15) is 4.79 Å². The van der Waals surface area contributed by atoms with Gasteiger partial charge in [0.25, 0.3) is 0 Å². The van der Waals surface area contributed by atoms with Gasteiger partial charge >= 0.3 is 0 Å². The Hall–Kier alpha value is -1.08. The number of aryl methyl sites for hydroxylation is 1. The number of amides is 1. The van der Waals surface area contributed by atoms with E-state index in [0.29, 0.717) is 23.8 Å². The van der Waals surface area contributed by atoms with Crippen molar-refractivity contribution < 1.29 is 9.53 Å². The van der Waals surface area contributed by atoms with Crippen LogP contribution in [0.5, 0.6) is 0 Å². The lowest BCUT2D eigenvalue weighted by Crippen LogP contribution is -2.47. The van der Waals surface area contributed by atoms with Crippen molar-refractivity contribution in [2.45, 2.75) is 64.2 Å². The first-order valence-electron chi connectivity index (χ1n) is 9.17. The molecule has 3 atom stereocenters. The Balaban J connectivity index is 1.51. The van der Waals surface area contributed by atoms with Gasteiger partial charge in [0.15, 0.2) is 5.16 Å². The molecule has 3 rings (SSSR count). The second-order valence-electron chi connectivity index (χ2n) is 8.17. The van der Waals surface area contributed by atoms with Crippen molar-refractivity contribution in [3.05, 3.63) is 6.33 Å². The maximum atomic E-state index is 12.5. The molecule has 0 radical (unpaired) electrons. The first-order chi connectivity index (χ1) is 11.9. The number of ether oxygens (including phenoxy) is 1. The minimum absolute atomic E-state index is 0.103. The van der Waals surface area contributed by atoms with E-state index in [1.807, 2.05) is 4.57 Å². The molecule has 2 bridgehead atoms. The standard InChI is InChI=1S/C18H30N4O2S/c1-17(2)13-6-7-18(17,3)14(10-13)20-15(23)11-25-16-21-19-12-22(16)8-5-9-24-4/h12-14H,5-11H2,1-4H3,(H,20,23)/t13-,14+,18-/m1/s1. The largest absolute Gasteiger partial charge is 0.385 e. The quantitative estimate of drug-likeness (QED) is 0.566. The van der Waals surface area contributed by atoms with E-state index < -0.39 is 0 Å². The molecule has 0 unspecified atom stereocenters. The lowest BCUT2D eigenvalue weighted by atomic mass is 9.69. The number of nitrogens with one attached hydrogen (secondary N) is 1. The van der Waals surface area contributed by atoms with E-state index in [1.165, 1.54) is 24.6 Å². The minimum Gasteiger partial charge on any atom is -0.385 e. The average Bonchev–Trinajstić information content (AvgIpc) is 3.15. The maximum absolute atomic E-state index is 12.5. The zero-order valence-corrected chi connectivity index (χ0v) is 16.6. The zero-order chi connectivity index (χ0) is 18.1. The summed E-state index contributed by atoms with van der Waals surface area (Å²) in [7, 11) is 1.70. The van der Waals surface area contributed by atoms with Crippen molar-refractivity contribution in [2.75, 3.05) is 19.5 Å². The third-order valence-electron chi connectivity index (χ3n) is 6.79. The minimum atomic E-state index is 0.103. The first kappa shape index (κ1) is 18.7. The molecule has 1 amide bonds. The molecule has 2 saturated carbocycles. The van der Waals surface area contributed by atoms with Gasteiger partial charge in [-0.1, -0.05) is 32.5 Å². The van der Waals surface area contributed by atoms with E-state index in [-0.39, 0.29) is 11.3 Å². The number of carbonyl (C=O) groups excluding carboxylic acids is 1. The van der Waals surface area contributed by atoms with Gasteiger partial charge in [0, 0.05) is 26.3 Å². The fraction of sp³-hybridized carbons (Fsp3) is 0.833. The smallest absolute Gasteiger partial charge is 0.230 e. The molecule has 140 valence electrons. The van der Waals surface area contributed by atoms with Gasteiger partial charge in [-0.25, -0.2) is 0 Å². The van der Waals surface area contributed by atoms with E-state index in [0.717, 1.165) is 30.5 Å². The summed E-state index contributed by atoms with van der Waals surface area (Å²) in [6.45, 7) is 8.61. The van der Waals surface area contributed by atoms with E-state index >= 15 is 0 Å². The van der Waals surface area contributed by atoms with Crippen molar-refractivity contribution in [2.24, 2.45) is 16.7 Å². The fourth-order valence-corrected chi connectivity index (χ4v) is 5.43. The summed E-state index contributed by atoms with van der Waals surface area (Å²) >= 11 is 1.46. The third kappa shape index (κ3) is 3.45. The summed E-state index contributed by atoms with van der Waals surface area (Å²) in [6, 6.07) is 0.300. The van der Waals surface area contributed by atoms with Crippen LogP contribution in [0, 0.1) is 16.7 Å². The van der Waals surface area contributed by atoms with Crippen LogP contribution in [0.2, 0.25) is 0 Å². The van der Waals surface area contributed by atoms with Crippen LogP contribution in [0.25, 0.3) is 0 Å². The third-order valence-corrected chi connectivity index (χ3v) is 7.77. The van der Waals surface area contributed by atoms with Gasteiger partial charge in [-0.2, -0.15) is 0 Å². The van der Waals surface area contributed by atoms with Crippen molar-refractivity contribution in [3.63, 3.8) is 0 Å². The molecule has 2 aliphatic carbocycles. The average molecular weight is 367 g/mol. The summed E-state index contributed by atoms with van der Waals surface area (Å²) in [5.41, 5.74) is 0.539.